The van der Waals surface area contributed by atoms with Crippen molar-refractivity contribution < 1.29 is 37.4 Å². The van der Waals surface area contributed by atoms with Crippen LogP contribution < -0.4 is 21.0 Å². The molecule has 15 heteroatoms. The highest BCUT2D eigenvalue weighted by Crippen LogP contribution is 2.65. The number of alkyl halides is 2. The number of halogens is 2. The summed E-state index contributed by atoms with van der Waals surface area (Å²) >= 11 is 6.11. The van der Waals surface area contributed by atoms with Gasteiger partial charge in [-0.05, 0) is 39.0 Å². The minimum atomic E-state index is -4.31. The summed E-state index contributed by atoms with van der Waals surface area (Å²) in [6.07, 6.45) is -2.44. The lowest BCUT2D eigenvalue weighted by molar-refractivity contribution is -0.149. The molecule has 2 heterocycles. The van der Waals surface area contributed by atoms with Gasteiger partial charge in [0.25, 0.3) is 0 Å². The van der Waals surface area contributed by atoms with Gasteiger partial charge in [0.05, 0.1) is 18.8 Å². The maximum Gasteiger partial charge on any atom is 0.459 e. The first kappa shape index (κ1) is 28.5. The highest BCUT2D eigenvalue weighted by atomic mass is 35.5. The Morgan fingerprint density at radius 2 is 2.05 bits per heavy atom. The van der Waals surface area contributed by atoms with E-state index in [1.165, 1.54) is 31.3 Å². The molecule has 0 amide bonds. The molecular weight excluding hydrogens is 546 g/mol. The lowest BCUT2D eigenvalue weighted by Gasteiger charge is -2.25. The van der Waals surface area contributed by atoms with E-state index < -0.39 is 67.1 Å². The third-order valence-corrected chi connectivity index (χ3v) is 8.33. The van der Waals surface area contributed by atoms with Gasteiger partial charge in [-0.3, -0.25) is 13.9 Å². The van der Waals surface area contributed by atoms with Crippen LogP contribution in [0.25, 0.3) is 0 Å². The molecule has 38 heavy (non-hydrogen) atoms. The van der Waals surface area contributed by atoms with Crippen LogP contribution in [-0.4, -0.2) is 62.3 Å². The number of aliphatic hydroxyl groups is 1. The fourth-order valence-electron chi connectivity index (χ4n) is 4.23. The number of nitrogens with one attached hydrogen (secondary N) is 1. The molecule has 1 saturated carbocycles. The first-order chi connectivity index (χ1) is 17.8. The molecule has 2 aromatic rings. The Morgan fingerprint density at radius 3 is 2.68 bits per heavy atom. The Morgan fingerprint density at radius 1 is 1.37 bits per heavy atom. The molecule has 208 valence electrons. The van der Waals surface area contributed by atoms with Crippen molar-refractivity contribution in [2.24, 2.45) is 0 Å². The molecule has 4 N–H and O–H groups in total. The van der Waals surface area contributed by atoms with E-state index in [9.17, 15) is 19.3 Å². The number of aliphatic hydroxyl groups excluding tert-OH is 1. The third-order valence-electron chi connectivity index (χ3n) is 6.15. The zero-order valence-electron chi connectivity index (χ0n) is 20.8. The standard InChI is InChI=1S/C23H29ClFN4O8P/c1-13(2)35-20(31)14(3)28-38(33,37-15-7-5-4-6-8-15)34-12-16-19(30)23(24,25)22(36-16)11-17(22)29-10-9-18(26)27-21(29)32/h4-10,13-14,16-17,19,30H,11-12H2,1-3H3,(H,28,33)(H2,26,27,32)/t14-,16?,17?,19+,22?,23-,38?/m0/s1. The first-order valence-corrected chi connectivity index (χ1v) is 13.8. The van der Waals surface area contributed by atoms with Gasteiger partial charge in [-0.15, -0.1) is 0 Å². The first-order valence-electron chi connectivity index (χ1n) is 11.8. The Balaban J connectivity index is 1.51. The van der Waals surface area contributed by atoms with Gasteiger partial charge in [0.15, 0.2) is 0 Å². The maximum absolute atomic E-state index is 15.6. The SMILES string of the molecule is CC(C)OC(=O)[C@H](C)NP(=O)(OCC1OC2(CC2n2ccc(N)nc2=O)[C@](F)(Cl)[C@@H]1O)Oc1ccccc1. The molecule has 0 radical (unpaired) electrons. The zero-order valence-corrected chi connectivity index (χ0v) is 22.5. The number of para-hydroxylation sites is 1. The minimum absolute atomic E-state index is 0.00911. The van der Waals surface area contributed by atoms with Crippen LogP contribution in [0.3, 0.4) is 0 Å². The predicted molar refractivity (Wildman–Crippen MR) is 134 cm³/mol. The second-order valence-electron chi connectivity index (χ2n) is 9.41. The predicted octanol–water partition coefficient (Wildman–Crippen LogP) is 2.31. The number of ether oxygens (including phenoxy) is 2. The van der Waals surface area contributed by atoms with Gasteiger partial charge in [-0.2, -0.15) is 10.1 Å². The van der Waals surface area contributed by atoms with Crippen molar-refractivity contribution in [2.75, 3.05) is 12.3 Å². The smallest absolute Gasteiger partial charge is 0.459 e. The molecule has 1 spiro atoms. The highest BCUT2D eigenvalue weighted by molar-refractivity contribution is 7.52. The number of benzene rings is 1. The fourth-order valence-corrected chi connectivity index (χ4v) is 6.12. The van der Waals surface area contributed by atoms with Crippen LogP contribution in [0.5, 0.6) is 5.75 Å². The molecule has 1 aliphatic heterocycles. The number of hydrogen-bond donors (Lipinski definition) is 3. The van der Waals surface area contributed by atoms with Crippen LogP contribution in [0, 0.1) is 0 Å². The summed E-state index contributed by atoms with van der Waals surface area (Å²) < 4.78 is 52.4. The third kappa shape index (κ3) is 5.58. The second-order valence-corrected chi connectivity index (χ2v) is 11.7. The van der Waals surface area contributed by atoms with Crippen molar-refractivity contribution >= 4 is 31.1 Å². The van der Waals surface area contributed by atoms with E-state index in [0.29, 0.717) is 0 Å². The van der Waals surface area contributed by atoms with E-state index in [0.717, 1.165) is 4.57 Å². The minimum Gasteiger partial charge on any atom is -0.462 e. The van der Waals surface area contributed by atoms with Gasteiger partial charge in [0.2, 0.25) is 5.13 Å². The number of nitrogen functional groups attached to an aromatic ring is 1. The average molecular weight is 575 g/mol. The van der Waals surface area contributed by atoms with Crippen LogP contribution in [0.4, 0.5) is 10.2 Å². The number of hydrogen-bond acceptors (Lipinski definition) is 10. The summed E-state index contributed by atoms with van der Waals surface area (Å²) in [5.74, 6) is -0.555. The van der Waals surface area contributed by atoms with Crippen LogP contribution >= 0.6 is 19.3 Å². The number of carbonyl (C=O) groups excluding carboxylic acids is 1. The van der Waals surface area contributed by atoms with Gasteiger partial charge in [0, 0.05) is 12.6 Å². The number of anilines is 1. The quantitative estimate of drug-likeness (QED) is 0.217. The molecule has 12 nitrogen and oxygen atoms in total. The summed E-state index contributed by atoms with van der Waals surface area (Å²) in [6.45, 7) is 4.09. The fraction of sp³-hybridized carbons (Fsp3) is 0.522. The summed E-state index contributed by atoms with van der Waals surface area (Å²) in [5.41, 5.74) is 3.02. The van der Waals surface area contributed by atoms with Crippen molar-refractivity contribution in [3.63, 3.8) is 0 Å². The molecule has 4 rings (SSSR count). The van der Waals surface area contributed by atoms with Crippen molar-refractivity contribution in [2.45, 2.75) is 68.3 Å². The molecule has 1 saturated heterocycles. The summed E-state index contributed by atoms with van der Waals surface area (Å²) in [4.78, 5) is 28.2. The second kappa shape index (κ2) is 10.6. The van der Waals surface area contributed by atoms with Crippen LogP contribution in [0.2, 0.25) is 0 Å². The Hall–Kier alpha value is -2.54. The van der Waals surface area contributed by atoms with Crippen LogP contribution in [0.15, 0.2) is 47.4 Å². The van der Waals surface area contributed by atoms with Gasteiger partial charge in [-0.1, -0.05) is 29.8 Å². The summed E-state index contributed by atoms with van der Waals surface area (Å²) in [7, 11) is -4.31. The number of nitrogens with two attached hydrogens (primary N) is 1. The zero-order chi connectivity index (χ0) is 27.9. The van der Waals surface area contributed by atoms with E-state index in [1.807, 2.05) is 0 Å². The van der Waals surface area contributed by atoms with E-state index in [2.05, 4.69) is 10.1 Å². The normalized spacial score (nSPS) is 30.7. The van der Waals surface area contributed by atoms with Gasteiger partial charge in [0.1, 0.15) is 35.4 Å². The molecule has 2 aliphatic rings. The molecule has 1 aromatic heterocycles. The Kier molecular flexibility index (Phi) is 7.91. The van der Waals surface area contributed by atoms with E-state index in [1.54, 1.807) is 32.0 Å². The monoisotopic (exact) mass is 574 g/mol. The molecule has 1 aromatic carbocycles. The van der Waals surface area contributed by atoms with Crippen LogP contribution in [-0.2, 0) is 23.4 Å². The van der Waals surface area contributed by atoms with Crippen molar-refractivity contribution in [3.8, 4) is 5.75 Å². The molecule has 2 fully saturated rings. The van der Waals surface area contributed by atoms with Crippen molar-refractivity contribution in [3.05, 3.63) is 53.1 Å². The Bertz CT molecular complexity index is 1280. The number of carbonyl (C=O) groups is 1. The van der Waals surface area contributed by atoms with Gasteiger partial charge in [-0.25, -0.2) is 13.8 Å². The molecule has 1 aliphatic carbocycles. The highest BCUT2D eigenvalue weighted by Gasteiger charge is 2.78. The van der Waals surface area contributed by atoms with Crippen LogP contribution in [0.1, 0.15) is 33.2 Å². The lowest BCUT2D eigenvalue weighted by Crippen LogP contribution is -2.43. The topological polar surface area (TPSA) is 164 Å². The van der Waals surface area contributed by atoms with Crippen molar-refractivity contribution in [1.29, 1.82) is 0 Å². The average Bonchev–Trinajstić information content (AvgIpc) is 3.52. The largest absolute Gasteiger partial charge is 0.462 e. The van der Waals surface area contributed by atoms with Gasteiger partial charge >= 0.3 is 19.4 Å². The lowest BCUT2D eigenvalue weighted by atomic mass is 10.1. The molecular formula is C23H29ClFN4O8P. The van der Waals surface area contributed by atoms with E-state index in [4.69, 9.17) is 35.9 Å². The maximum atomic E-state index is 15.6. The Labute approximate surface area is 222 Å². The number of aromatic nitrogens is 2. The van der Waals surface area contributed by atoms with Gasteiger partial charge < -0.3 is 24.8 Å². The van der Waals surface area contributed by atoms with Crippen molar-refractivity contribution in [1.82, 2.24) is 14.6 Å². The van der Waals surface area contributed by atoms with E-state index in [-0.39, 0.29) is 18.0 Å². The molecule has 7 atom stereocenters. The number of esters is 1. The van der Waals surface area contributed by atoms with E-state index >= 15 is 4.39 Å². The summed E-state index contributed by atoms with van der Waals surface area (Å²) in [6, 6.07) is 7.40. The number of nitrogens with zero attached hydrogens (tertiary/aromatic N) is 2. The number of rotatable bonds is 10. The summed E-state index contributed by atoms with van der Waals surface area (Å²) in [5, 5.41) is 10.4. The molecule has 0 bridgehead atoms. The molecule has 4 unspecified atom stereocenters.